The van der Waals surface area contributed by atoms with Gasteiger partial charge in [-0.05, 0) is 147 Å². The lowest BCUT2D eigenvalue weighted by Crippen LogP contribution is -2.33. The van der Waals surface area contributed by atoms with Crippen LogP contribution in [0.15, 0.2) is 127 Å². The predicted octanol–water partition coefficient (Wildman–Crippen LogP) is 21.0. The third kappa shape index (κ3) is 15.7. The number of aliphatic hydroxyl groups excluding tert-OH is 1. The van der Waals surface area contributed by atoms with E-state index in [1.165, 1.54) is 42.8 Å². The van der Waals surface area contributed by atoms with Crippen molar-refractivity contribution in [2.24, 2.45) is 0 Å². The third-order valence-corrected chi connectivity index (χ3v) is 22.9. The summed E-state index contributed by atoms with van der Waals surface area (Å²) in [5, 5.41) is 58.4. The topological polar surface area (TPSA) is 249 Å². The number of methoxy groups -OCH3 is 2. The molecule has 13 rings (SSSR count). The number of carbonyl (C=O) groups is 4. The van der Waals surface area contributed by atoms with E-state index in [-0.39, 0.29) is 158 Å². The van der Waals surface area contributed by atoms with Crippen molar-refractivity contribution in [3.8, 4) is 57.5 Å². The van der Waals surface area contributed by atoms with Gasteiger partial charge in [0, 0.05) is 77.0 Å². The van der Waals surface area contributed by atoms with Crippen LogP contribution >= 0.6 is 104 Å². The molecule has 2 unspecified atom stereocenters. The smallest absolute Gasteiger partial charge is 0.340 e. The van der Waals surface area contributed by atoms with Crippen molar-refractivity contribution < 1.29 is 73.1 Å². The fourth-order valence-corrected chi connectivity index (χ4v) is 15.9. The Hall–Kier alpha value is -8.17. The maximum Gasteiger partial charge on any atom is 0.340 e. The first kappa shape index (κ1) is 80.8. The molecule has 4 heterocycles. The van der Waals surface area contributed by atoms with Crippen molar-refractivity contribution in [3.63, 3.8) is 0 Å². The van der Waals surface area contributed by atoms with Gasteiger partial charge in [0.25, 0.3) is 0 Å². The Kier molecular flexibility index (Phi) is 25.7. The number of halogens is 9. The summed E-state index contributed by atoms with van der Waals surface area (Å²) in [4.78, 5) is 51.0. The molecule has 566 valence electrons. The van der Waals surface area contributed by atoms with Crippen LogP contribution in [0.3, 0.4) is 0 Å². The normalized spacial score (nSPS) is 15.3. The first-order chi connectivity index (χ1) is 51.7. The highest BCUT2D eigenvalue weighted by Gasteiger charge is 2.58. The van der Waals surface area contributed by atoms with E-state index in [9.17, 15) is 39.6 Å². The number of hydrogen-bond acceptors (Lipinski definition) is 15. The van der Waals surface area contributed by atoms with Crippen LogP contribution in [0.4, 0.5) is 0 Å². The lowest BCUT2D eigenvalue weighted by molar-refractivity contribution is -0.121. The molecule has 9 aromatic carbocycles. The van der Waals surface area contributed by atoms with Gasteiger partial charge in [-0.1, -0.05) is 193 Å². The summed E-state index contributed by atoms with van der Waals surface area (Å²) in [5.74, 6) is -0.797. The minimum atomic E-state index is -1.67. The number of fused-ring (bicyclic) bond motifs is 12. The number of carbonyl (C=O) groups excluding carboxylic acids is 4. The van der Waals surface area contributed by atoms with Gasteiger partial charge in [-0.2, -0.15) is 0 Å². The summed E-state index contributed by atoms with van der Waals surface area (Å²) in [7, 11) is 3.31. The molecule has 26 heteroatoms. The van der Waals surface area contributed by atoms with Gasteiger partial charge in [0.2, 0.25) is 11.8 Å². The number of phenolic OH excluding ortho intramolecular Hbond substituents is 4. The standard InChI is InChI=1S/C31H29Cl4NO6.C30H27Cl4NO7.C21H19ClO2/c1-3-4-5-6-7-10-36-24(37)9-8-16-11-19-29(25(35)27(16)39)41-28-15(2)26(38)23(34)14-20(28)31(19)18-13-22(33)21(32)12-17(18)30(40)42-31;1-14-25(38)22(33)13-19-27(14)41-28-18(30(19)17-12-21(32)20(31)11-16(17)29(40)42-30)10-15(26(39)24(28)34)6-7-23(37)35-8-4-2-3-5-9-36;1-23-19-12-8-17(9-13-19)21(22,16-6-4-3-5-7-16)18-10-14-20(24-2)15-11-18/h11-14,38-39H,3-10H2,1-2H3,(H,36,37);10-13,36,38-39H,2-9H2,1H3,(H,35,37);3-15H,1-2H3. The zero-order valence-corrected chi connectivity index (χ0v) is 66.0. The van der Waals surface area contributed by atoms with E-state index in [1.807, 2.05) is 78.9 Å². The number of alkyl halides is 1. The van der Waals surface area contributed by atoms with Crippen molar-refractivity contribution in [2.75, 3.05) is 33.9 Å². The molecule has 0 aromatic heterocycles. The largest absolute Gasteiger partial charge is 0.506 e. The molecule has 9 aromatic rings. The Balaban J connectivity index is 0.000000168. The zero-order chi connectivity index (χ0) is 77.7. The number of ether oxygens (including phenoxy) is 6. The highest BCUT2D eigenvalue weighted by Crippen LogP contribution is 2.64. The molecule has 0 radical (unpaired) electrons. The molecule has 7 N–H and O–H groups in total. The lowest BCUT2D eigenvalue weighted by Gasteiger charge is -2.38. The molecule has 2 atom stereocenters. The SMILES string of the molecule is CCCCCCCNC(=O)CCc1cc2c(c(Cl)c1O)Oc1c(cc(Cl)c(O)c1C)C21OC(=O)c2cc(Cl)c(Cl)cc21.COc1ccc(C(Cl)(c2ccccc2)c2ccc(OC)cc2)cc1.Cc1c(O)c(Cl)cc2c1Oc1c(cc(CCC(=O)NCCCCCCO)c(O)c1Cl)C21OC(=O)c2cc(Cl)c(Cl)cc21. The zero-order valence-electron chi connectivity index (χ0n) is 59.2. The molecule has 17 nitrogen and oxygen atoms in total. The minimum absolute atomic E-state index is 0.000338. The molecule has 4 aliphatic heterocycles. The predicted molar refractivity (Wildman–Crippen MR) is 421 cm³/mol. The number of amides is 2. The van der Waals surface area contributed by atoms with E-state index in [0.717, 1.165) is 79.6 Å². The number of benzene rings is 9. The molecule has 0 saturated heterocycles. The van der Waals surface area contributed by atoms with Crippen LogP contribution in [-0.2, 0) is 48.0 Å². The summed E-state index contributed by atoms with van der Waals surface area (Å²) in [5.41, 5.74) is 3.16. The average Bonchev–Trinajstić information content (AvgIpc) is 1.50. The fourth-order valence-electron chi connectivity index (χ4n) is 13.8. The van der Waals surface area contributed by atoms with Crippen LogP contribution in [0.1, 0.15) is 171 Å². The number of aryl methyl sites for hydroxylation is 2. The van der Waals surface area contributed by atoms with Crippen molar-refractivity contribution in [2.45, 2.75) is 120 Å². The summed E-state index contributed by atoms with van der Waals surface area (Å²) < 4.78 is 35.1. The Bertz CT molecular complexity index is 4660. The third-order valence-electron chi connectivity index (χ3n) is 19.6. The van der Waals surface area contributed by atoms with Crippen LogP contribution in [0.5, 0.6) is 57.5 Å². The van der Waals surface area contributed by atoms with Gasteiger partial charge in [-0.15, -0.1) is 11.6 Å². The second kappa shape index (κ2) is 34.4. The number of unbranched alkanes of at least 4 members (excludes halogenated alkanes) is 7. The van der Waals surface area contributed by atoms with Crippen molar-refractivity contribution >= 4 is 128 Å². The summed E-state index contributed by atoms with van der Waals surface area (Å²) in [6.45, 7) is 6.55. The average molecular weight is 1650 g/mol. The van der Waals surface area contributed by atoms with Crippen LogP contribution in [-0.4, -0.2) is 83.2 Å². The van der Waals surface area contributed by atoms with Gasteiger partial charge in [-0.3, -0.25) is 9.59 Å². The maximum absolute atomic E-state index is 13.3. The molecular weight excluding hydrogens is 1570 g/mol. The number of hydrogen-bond donors (Lipinski definition) is 7. The fraction of sp³-hybridized carbons (Fsp3) is 0.293. The number of aliphatic hydroxyl groups is 1. The number of rotatable bonds is 23. The highest BCUT2D eigenvalue weighted by molar-refractivity contribution is 6.43. The van der Waals surface area contributed by atoms with Gasteiger partial charge in [0.05, 0.1) is 55.5 Å². The molecule has 0 bridgehead atoms. The second-order valence-electron chi connectivity index (χ2n) is 26.3. The Morgan fingerprint density at radius 3 is 1.20 bits per heavy atom. The van der Waals surface area contributed by atoms with E-state index in [2.05, 4.69) is 17.6 Å². The van der Waals surface area contributed by atoms with Crippen molar-refractivity contribution in [1.29, 1.82) is 0 Å². The van der Waals surface area contributed by atoms with E-state index in [1.54, 1.807) is 40.2 Å². The molecule has 2 amide bonds. The molecule has 0 aliphatic carbocycles. The van der Waals surface area contributed by atoms with Gasteiger partial charge in [0.1, 0.15) is 60.9 Å². The van der Waals surface area contributed by atoms with Gasteiger partial charge in [0.15, 0.2) is 22.7 Å². The first-order valence-corrected chi connectivity index (χ1v) is 38.2. The quantitative estimate of drug-likeness (QED) is 0.0136. The molecule has 2 spiro atoms. The summed E-state index contributed by atoms with van der Waals surface area (Å²) in [6.07, 6.45) is 9.13. The number of aromatic hydroxyl groups is 4. The Morgan fingerprint density at radius 1 is 0.454 bits per heavy atom. The van der Waals surface area contributed by atoms with Crippen LogP contribution in [0, 0.1) is 13.8 Å². The van der Waals surface area contributed by atoms with E-state index in [0.29, 0.717) is 52.0 Å². The summed E-state index contributed by atoms with van der Waals surface area (Å²) >= 11 is 58.7. The molecule has 108 heavy (non-hydrogen) atoms. The number of phenols is 4. The highest BCUT2D eigenvalue weighted by atomic mass is 35.5. The van der Waals surface area contributed by atoms with E-state index < -0.39 is 28.0 Å². The van der Waals surface area contributed by atoms with Crippen LogP contribution in [0.2, 0.25) is 40.2 Å². The van der Waals surface area contributed by atoms with Gasteiger partial charge >= 0.3 is 11.9 Å². The Morgan fingerprint density at radius 2 is 0.815 bits per heavy atom. The van der Waals surface area contributed by atoms with Gasteiger partial charge < -0.3 is 64.6 Å². The first-order valence-electron chi connectivity index (χ1n) is 34.8. The van der Waals surface area contributed by atoms with Gasteiger partial charge in [-0.25, -0.2) is 9.59 Å². The monoisotopic (exact) mass is 1640 g/mol. The number of esters is 2. The molecule has 0 saturated carbocycles. The van der Waals surface area contributed by atoms with Crippen molar-refractivity contribution in [3.05, 3.63) is 251 Å². The molecular formula is C82H75Cl9N2O15. The molecule has 4 aliphatic rings. The van der Waals surface area contributed by atoms with Crippen LogP contribution < -0.4 is 29.6 Å². The Labute approximate surface area is 669 Å². The maximum atomic E-state index is 13.3. The van der Waals surface area contributed by atoms with Crippen molar-refractivity contribution in [1.82, 2.24) is 10.6 Å². The second-order valence-corrected chi connectivity index (χ2v) is 30.0. The summed E-state index contributed by atoms with van der Waals surface area (Å²) in [6, 6.07) is 37.8. The molecule has 0 fully saturated rings. The van der Waals surface area contributed by atoms with Crippen LogP contribution in [0.25, 0.3) is 0 Å². The minimum Gasteiger partial charge on any atom is -0.506 e. The van der Waals surface area contributed by atoms with E-state index >= 15 is 0 Å². The van der Waals surface area contributed by atoms with E-state index in [4.69, 9.17) is 138 Å². The lowest BCUT2D eigenvalue weighted by atomic mass is 9.76. The number of nitrogens with one attached hydrogen (secondary N) is 2.